The third-order valence-corrected chi connectivity index (χ3v) is 1.98. The Labute approximate surface area is 96.4 Å². The Bertz CT molecular complexity index is 307. The minimum absolute atomic E-state index is 0.154. The third kappa shape index (κ3) is 5.34. The van der Waals surface area contributed by atoms with E-state index in [0.29, 0.717) is 17.6 Å². The van der Waals surface area contributed by atoms with Crippen molar-refractivity contribution in [3.05, 3.63) is 24.3 Å². The largest absolute Gasteiger partial charge is 0.460 e. The Morgan fingerprint density at radius 3 is 2.19 bits per heavy atom. The zero-order valence-electron chi connectivity index (χ0n) is 10.1. The van der Waals surface area contributed by atoms with Crippen LogP contribution in [-0.2, 0) is 14.3 Å². The first kappa shape index (κ1) is 14.4. The first-order valence-electron chi connectivity index (χ1n) is 5.17. The van der Waals surface area contributed by atoms with E-state index in [-0.39, 0.29) is 18.6 Å². The molecule has 0 saturated heterocycles. The van der Waals surface area contributed by atoms with E-state index in [1.54, 1.807) is 13.8 Å². The van der Waals surface area contributed by atoms with Gasteiger partial charge in [-0.2, -0.15) is 0 Å². The maximum atomic E-state index is 11.3. The van der Waals surface area contributed by atoms with Gasteiger partial charge in [0.15, 0.2) is 0 Å². The van der Waals surface area contributed by atoms with Crippen LogP contribution in [0.4, 0.5) is 0 Å². The first-order chi connectivity index (χ1) is 7.38. The molecule has 0 aromatic carbocycles. The molecular formula is C12H19NO3. The highest BCUT2D eigenvalue weighted by atomic mass is 16.5. The predicted molar refractivity (Wildman–Crippen MR) is 62.8 cm³/mol. The van der Waals surface area contributed by atoms with Gasteiger partial charge < -0.3 is 10.1 Å². The summed E-state index contributed by atoms with van der Waals surface area (Å²) >= 11 is 0. The van der Waals surface area contributed by atoms with Crippen LogP contribution in [0.3, 0.4) is 0 Å². The summed E-state index contributed by atoms with van der Waals surface area (Å²) in [6, 6.07) is -0.188. The van der Waals surface area contributed by atoms with Crippen molar-refractivity contribution in [2.24, 2.45) is 0 Å². The summed E-state index contributed by atoms with van der Waals surface area (Å²) in [6.07, 6.45) is 0.683. The normalized spacial score (nSPS) is 11.4. The lowest BCUT2D eigenvalue weighted by atomic mass is 10.2. The fourth-order valence-electron chi connectivity index (χ4n) is 0.870. The van der Waals surface area contributed by atoms with Crippen molar-refractivity contribution in [3.8, 4) is 0 Å². The first-order valence-corrected chi connectivity index (χ1v) is 5.17. The summed E-state index contributed by atoms with van der Waals surface area (Å²) < 4.78 is 4.95. The zero-order valence-corrected chi connectivity index (χ0v) is 10.1. The highest BCUT2D eigenvalue weighted by Crippen LogP contribution is 1.98. The molecule has 0 fully saturated rings. The molecule has 0 aliphatic carbocycles. The zero-order chi connectivity index (χ0) is 12.7. The summed E-state index contributed by atoms with van der Waals surface area (Å²) in [7, 11) is 0. The second-order valence-corrected chi connectivity index (χ2v) is 3.74. The van der Waals surface area contributed by atoms with Crippen LogP contribution in [0.15, 0.2) is 24.3 Å². The Morgan fingerprint density at radius 1 is 1.25 bits per heavy atom. The molecule has 1 atom stereocenters. The van der Waals surface area contributed by atoms with Crippen molar-refractivity contribution < 1.29 is 14.3 Å². The average Bonchev–Trinajstić information content (AvgIpc) is 2.22. The van der Waals surface area contributed by atoms with Gasteiger partial charge in [-0.05, 0) is 20.3 Å². The molecule has 0 aromatic rings. The average molecular weight is 225 g/mol. The summed E-state index contributed by atoms with van der Waals surface area (Å²) in [4.78, 5) is 22.5. The number of rotatable bonds is 6. The molecule has 0 rings (SSSR count). The lowest BCUT2D eigenvalue weighted by Crippen LogP contribution is -2.38. The number of carbonyl (C=O) groups is 2. The number of amides is 1. The van der Waals surface area contributed by atoms with Crippen molar-refractivity contribution in [1.82, 2.24) is 5.32 Å². The fourth-order valence-corrected chi connectivity index (χ4v) is 0.870. The molecule has 0 spiro atoms. The van der Waals surface area contributed by atoms with Crippen LogP contribution in [0, 0.1) is 0 Å². The third-order valence-electron chi connectivity index (χ3n) is 1.98. The van der Waals surface area contributed by atoms with E-state index in [0.717, 1.165) is 0 Å². The van der Waals surface area contributed by atoms with Crippen LogP contribution in [0.1, 0.15) is 27.2 Å². The molecule has 1 N–H and O–H groups in total. The topological polar surface area (TPSA) is 55.4 Å². The van der Waals surface area contributed by atoms with E-state index < -0.39 is 5.97 Å². The summed E-state index contributed by atoms with van der Waals surface area (Å²) in [5, 5.41) is 2.72. The summed E-state index contributed by atoms with van der Waals surface area (Å²) in [5.41, 5.74) is 0.783. The van der Waals surface area contributed by atoms with Crippen molar-refractivity contribution in [2.75, 3.05) is 6.61 Å². The number of ether oxygens (including phenoxy) is 1. The number of nitrogens with one attached hydrogen (secondary N) is 1. The molecule has 4 heteroatoms. The Hall–Kier alpha value is -1.58. The van der Waals surface area contributed by atoms with Gasteiger partial charge in [0.25, 0.3) is 0 Å². The van der Waals surface area contributed by atoms with Gasteiger partial charge in [0.05, 0.1) is 6.04 Å². The van der Waals surface area contributed by atoms with Crippen LogP contribution in [0.2, 0.25) is 0 Å². The van der Waals surface area contributed by atoms with Crippen LogP contribution in [-0.4, -0.2) is 24.5 Å². The molecule has 0 aliphatic heterocycles. The van der Waals surface area contributed by atoms with E-state index in [1.165, 1.54) is 0 Å². The lowest BCUT2D eigenvalue weighted by molar-refractivity contribution is -0.140. The standard InChI is InChI=1S/C12H19NO3/c1-6-10(13-11(14)8(2)3)7-16-12(15)9(4)5/h10H,2,4,6-7H2,1,3,5H3,(H,13,14). The van der Waals surface area contributed by atoms with Gasteiger partial charge in [0, 0.05) is 11.1 Å². The molecule has 0 aromatic heterocycles. The van der Waals surface area contributed by atoms with Gasteiger partial charge >= 0.3 is 5.97 Å². The van der Waals surface area contributed by atoms with Gasteiger partial charge in [-0.1, -0.05) is 20.1 Å². The molecule has 1 amide bonds. The summed E-state index contributed by atoms with van der Waals surface area (Å²) in [6.45, 7) is 12.3. The SMILES string of the molecule is C=C(C)C(=O)NC(CC)COC(=O)C(=C)C. The highest BCUT2D eigenvalue weighted by molar-refractivity contribution is 5.92. The minimum atomic E-state index is -0.442. The second-order valence-electron chi connectivity index (χ2n) is 3.74. The van der Waals surface area contributed by atoms with Gasteiger partial charge in [0.2, 0.25) is 5.91 Å². The van der Waals surface area contributed by atoms with E-state index in [4.69, 9.17) is 4.74 Å². The maximum absolute atomic E-state index is 11.3. The van der Waals surface area contributed by atoms with E-state index in [2.05, 4.69) is 18.5 Å². The molecular weight excluding hydrogens is 206 g/mol. The Balaban J connectivity index is 4.11. The maximum Gasteiger partial charge on any atom is 0.333 e. The van der Waals surface area contributed by atoms with Crippen LogP contribution in [0.25, 0.3) is 0 Å². The van der Waals surface area contributed by atoms with Gasteiger partial charge in [0.1, 0.15) is 6.61 Å². The molecule has 1 unspecified atom stereocenters. The number of carbonyl (C=O) groups excluding carboxylic acids is 2. The smallest absolute Gasteiger partial charge is 0.333 e. The fraction of sp³-hybridized carbons (Fsp3) is 0.500. The van der Waals surface area contributed by atoms with Crippen molar-refractivity contribution in [2.45, 2.75) is 33.2 Å². The van der Waals surface area contributed by atoms with Crippen molar-refractivity contribution in [3.63, 3.8) is 0 Å². The second kappa shape index (κ2) is 6.82. The Morgan fingerprint density at radius 2 is 1.81 bits per heavy atom. The van der Waals surface area contributed by atoms with E-state index >= 15 is 0 Å². The van der Waals surface area contributed by atoms with E-state index in [9.17, 15) is 9.59 Å². The molecule has 0 radical (unpaired) electrons. The van der Waals surface area contributed by atoms with Gasteiger partial charge in [-0.25, -0.2) is 4.79 Å². The summed E-state index contributed by atoms with van der Waals surface area (Å²) in [5.74, 6) is -0.666. The van der Waals surface area contributed by atoms with Crippen molar-refractivity contribution in [1.29, 1.82) is 0 Å². The van der Waals surface area contributed by atoms with Gasteiger partial charge in [-0.15, -0.1) is 0 Å². The monoisotopic (exact) mass is 225 g/mol. The van der Waals surface area contributed by atoms with Crippen LogP contribution >= 0.6 is 0 Å². The highest BCUT2D eigenvalue weighted by Gasteiger charge is 2.13. The van der Waals surface area contributed by atoms with Crippen LogP contribution in [0.5, 0.6) is 0 Å². The molecule has 0 bridgehead atoms. The molecule has 0 heterocycles. The number of esters is 1. The Kier molecular flexibility index (Phi) is 6.15. The quantitative estimate of drug-likeness (QED) is 0.551. The molecule has 0 saturated carbocycles. The van der Waals surface area contributed by atoms with E-state index in [1.807, 2.05) is 6.92 Å². The molecule has 90 valence electrons. The molecule has 0 aliphatic rings. The molecule has 16 heavy (non-hydrogen) atoms. The predicted octanol–water partition coefficient (Wildman–Crippen LogP) is 1.58. The van der Waals surface area contributed by atoms with Crippen molar-refractivity contribution >= 4 is 11.9 Å². The minimum Gasteiger partial charge on any atom is -0.460 e. The molecule has 4 nitrogen and oxygen atoms in total. The number of hydrogen-bond acceptors (Lipinski definition) is 3. The van der Waals surface area contributed by atoms with Crippen LogP contribution < -0.4 is 5.32 Å². The number of hydrogen-bond donors (Lipinski definition) is 1. The lowest BCUT2D eigenvalue weighted by Gasteiger charge is -2.16. The van der Waals surface area contributed by atoms with Gasteiger partial charge in [-0.3, -0.25) is 4.79 Å².